The van der Waals surface area contributed by atoms with E-state index in [-0.39, 0.29) is 0 Å². The normalized spacial score (nSPS) is 10.7. The molecule has 0 aliphatic carbocycles. The molecule has 1 aromatic carbocycles. The summed E-state index contributed by atoms with van der Waals surface area (Å²) in [6, 6.07) is 9.71. The maximum absolute atomic E-state index is 5.96. The monoisotopic (exact) mass is 280 g/mol. The van der Waals surface area contributed by atoms with Gasteiger partial charge in [-0.3, -0.25) is 4.98 Å². The predicted octanol–water partition coefficient (Wildman–Crippen LogP) is 3.35. The number of aromatic nitrogens is 3. The van der Waals surface area contributed by atoms with Crippen molar-refractivity contribution in [3.05, 3.63) is 48.4 Å². The maximum atomic E-state index is 5.96. The molecule has 3 rings (SSSR count). The van der Waals surface area contributed by atoms with E-state index in [1.54, 1.807) is 6.20 Å². The van der Waals surface area contributed by atoms with Crippen molar-refractivity contribution < 1.29 is 4.74 Å². The van der Waals surface area contributed by atoms with Crippen LogP contribution in [0, 0.1) is 0 Å². The zero-order valence-corrected chi connectivity index (χ0v) is 11.8. The third-order valence-electron chi connectivity index (χ3n) is 3.24. The summed E-state index contributed by atoms with van der Waals surface area (Å²) in [7, 11) is 0. The third kappa shape index (κ3) is 2.63. The molecule has 0 bridgehead atoms. The van der Waals surface area contributed by atoms with Crippen molar-refractivity contribution in [3.8, 4) is 11.6 Å². The fourth-order valence-corrected chi connectivity index (χ4v) is 2.24. The molecule has 0 saturated carbocycles. The van der Waals surface area contributed by atoms with Crippen LogP contribution in [0.15, 0.2) is 42.9 Å². The third-order valence-corrected chi connectivity index (χ3v) is 3.24. The highest BCUT2D eigenvalue weighted by atomic mass is 16.5. The summed E-state index contributed by atoms with van der Waals surface area (Å²) >= 11 is 0. The van der Waals surface area contributed by atoms with Crippen LogP contribution >= 0.6 is 0 Å². The first-order valence-corrected chi connectivity index (χ1v) is 6.90. The number of nitrogen functional groups attached to an aromatic ring is 1. The van der Waals surface area contributed by atoms with E-state index in [1.165, 1.54) is 6.33 Å². The van der Waals surface area contributed by atoms with Gasteiger partial charge in [0.05, 0.1) is 5.56 Å². The minimum absolute atomic E-state index is 0.468. The fraction of sp³-hybridized carbons (Fsp3) is 0.188. The van der Waals surface area contributed by atoms with Crippen LogP contribution < -0.4 is 10.5 Å². The van der Waals surface area contributed by atoms with Gasteiger partial charge in [-0.15, -0.1) is 0 Å². The Kier molecular flexibility index (Phi) is 3.64. The Morgan fingerprint density at radius 1 is 1.10 bits per heavy atom. The van der Waals surface area contributed by atoms with Gasteiger partial charge in [-0.25, -0.2) is 9.97 Å². The Balaban J connectivity index is 2.05. The molecule has 2 heterocycles. The van der Waals surface area contributed by atoms with Crippen LogP contribution in [-0.4, -0.2) is 15.0 Å². The molecule has 2 N–H and O–H groups in total. The first-order valence-electron chi connectivity index (χ1n) is 6.90. The van der Waals surface area contributed by atoms with E-state index in [4.69, 9.17) is 10.5 Å². The lowest BCUT2D eigenvalue weighted by Crippen LogP contribution is -2.03. The summed E-state index contributed by atoms with van der Waals surface area (Å²) in [5.74, 6) is 1.64. The average molecular weight is 280 g/mol. The van der Waals surface area contributed by atoms with E-state index in [2.05, 4.69) is 21.9 Å². The second-order valence-corrected chi connectivity index (χ2v) is 4.73. The number of hydrogen-bond donors (Lipinski definition) is 1. The van der Waals surface area contributed by atoms with Crippen LogP contribution in [0.25, 0.3) is 10.9 Å². The molecule has 0 radical (unpaired) electrons. The molecule has 0 aliphatic rings. The van der Waals surface area contributed by atoms with Gasteiger partial charge < -0.3 is 10.5 Å². The van der Waals surface area contributed by atoms with Crippen molar-refractivity contribution in [2.75, 3.05) is 5.73 Å². The van der Waals surface area contributed by atoms with Crippen molar-refractivity contribution in [1.82, 2.24) is 15.0 Å². The highest BCUT2D eigenvalue weighted by Gasteiger charge is 2.12. The van der Waals surface area contributed by atoms with Crippen molar-refractivity contribution >= 4 is 16.7 Å². The van der Waals surface area contributed by atoms with Gasteiger partial charge >= 0.3 is 0 Å². The van der Waals surface area contributed by atoms with Gasteiger partial charge in [0.2, 0.25) is 5.88 Å². The smallest absolute Gasteiger partial charge is 0.227 e. The molecule has 0 atom stereocenters. The Morgan fingerprint density at radius 3 is 2.81 bits per heavy atom. The molecule has 0 fully saturated rings. The van der Waals surface area contributed by atoms with Crippen LogP contribution in [0.2, 0.25) is 0 Å². The lowest BCUT2D eigenvalue weighted by molar-refractivity contribution is 0.458. The zero-order valence-electron chi connectivity index (χ0n) is 11.8. The zero-order chi connectivity index (χ0) is 14.7. The van der Waals surface area contributed by atoms with Crippen molar-refractivity contribution in [2.24, 2.45) is 0 Å². The molecule has 106 valence electrons. The number of pyridine rings is 1. The molecule has 5 nitrogen and oxygen atoms in total. The molecule has 2 aromatic heterocycles. The minimum Gasteiger partial charge on any atom is -0.436 e. The number of hydrogen-bond acceptors (Lipinski definition) is 5. The molecular weight excluding hydrogens is 264 g/mol. The molecule has 21 heavy (non-hydrogen) atoms. The van der Waals surface area contributed by atoms with Crippen LogP contribution in [-0.2, 0) is 6.42 Å². The summed E-state index contributed by atoms with van der Waals surface area (Å²) in [5, 5.41) is 1.02. The molecule has 0 aliphatic heterocycles. The quantitative estimate of drug-likeness (QED) is 0.793. The average Bonchev–Trinajstić information content (AvgIpc) is 2.51. The first-order chi connectivity index (χ1) is 10.3. The number of nitrogens with zero attached hydrogens (tertiary/aromatic N) is 3. The van der Waals surface area contributed by atoms with E-state index >= 15 is 0 Å². The topological polar surface area (TPSA) is 73.9 Å². The van der Waals surface area contributed by atoms with E-state index in [0.717, 1.165) is 29.3 Å². The van der Waals surface area contributed by atoms with Crippen LogP contribution in [0.5, 0.6) is 11.6 Å². The molecule has 0 unspecified atom stereocenters. The molecule has 0 amide bonds. The number of anilines is 1. The van der Waals surface area contributed by atoms with E-state index in [1.807, 2.05) is 30.3 Å². The predicted molar refractivity (Wildman–Crippen MR) is 82.3 cm³/mol. The summed E-state index contributed by atoms with van der Waals surface area (Å²) in [6.07, 6.45) is 4.89. The molecule has 0 saturated heterocycles. The summed E-state index contributed by atoms with van der Waals surface area (Å²) in [4.78, 5) is 12.6. The maximum Gasteiger partial charge on any atom is 0.227 e. The Labute approximate surface area is 122 Å². The second-order valence-electron chi connectivity index (χ2n) is 4.73. The molecule has 0 spiro atoms. The van der Waals surface area contributed by atoms with Gasteiger partial charge in [-0.2, -0.15) is 0 Å². The number of fused-ring (bicyclic) bond motifs is 1. The lowest BCUT2D eigenvalue weighted by atomic mass is 10.1. The highest BCUT2D eigenvalue weighted by Crippen LogP contribution is 2.30. The van der Waals surface area contributed by atoms with E-state index < -0.39 is 0 Å². The Hall–Kier alpha value is -2.69. The number of ether oxygens (including phenoxy) is 1. The van der Waals surface area contributed by atoms with Crippen LogP contribution in [0.4, 0.5) is 5.82 Å². The van der Waals surface area contributed by atoms with Crippen LogP contribution in [0.3, 0.4) is 0 Å². The largest absolute Gasteiger partial charge is 0.436 e. The van der Waals surface area contributed by atoms with Crippen LogP contribution in [0.1, 0.15) is 18.9 Å². The number of benzene rings is 1. The summed E-state index contributed by atoms with van der Waals surface area (Å²) < 4.78 is 5.96. The van der Waals surface area contributed by atoms with Gasteiger partial charge in [0, 0.05) is 11.6 Å². The van der Waals surface area contributed by atoms with E-state index in [0.29, 0.717) is 17.4 Å². The van der Waals surface area contributed by atoms with Gasteiger partial charge in [0.25, 0.3) is 0 Å². The van der Waals surface area contributed by atoms with E-state index in [9.17, 15) is 0 Å². The van der Waals surface area contributed by atoms with Gasteiger partial charge in [0.1, 0.15) is 17.7 Å². The SMILES string of the molecule is CCCc1c(N)ncnc1Oc1cccc2cccnc12. The van der Waals surface area contributed by atoms with Crippen molar-refractivity contribution in [3.63, 3.8) is 0 Å². The van der Waals surface area contributed by atoms with Gasteiger partial charge in [0.15, 0.2) is 5.75 Å². The van der Waals surface area contributed by atoms with Crippen molar-refractivity contribution in [1.29, 1.82) is 0 Å². The number of rotatable bonds is 4. The Bertz CT molecular complexity index is 768. The van der Waals surface area contributed by atoms with Gasteiger partial charge in [-0.1, -0.05) is 31.5 Å². The fourth-order valence-electron chi connectivity index (χ4n) is 2.24. The van der Waals surface area contributed by atoms with Gasteiger partial charge in [-0.05, 0) is 18.6 Å². The highest BCUT2D eigenvalue weighted by molar-refractivity contribution is 5.84. The number of para-hydroxylation sites is 1. The first kappa shape index (κ1) is 13.3. The second kappa shape index (κ2) is 5.75. The standard InChI is InChI=1S/C16H16N4O/c1-2-5-12-15(17)19-10-20-16(12)21-13-8-3-6-11-7-4-9-18-14(11)13/h3-4,6-10H,2,5H2,1H3,(H2,17,19,20). The summed E-state index contributed by atoms with van der Waals surface area (Å²) in [6.45, 7) is 2.08. The lowest BCUT2D eigenvalue weighted by Gasteiger charge is -2.11. The Morgan fingerprint density at radius 2 is 1.95 bits per heavy atom. The molecular formula is C16H16N4O. The number of nitrogens with two attached hydrogens (primary N) is 1. The van der Waals surface area contributed by atoms with Crippen molar-refractivity contribution in [2.45, 2.75) is 19.8 Å². The molecule has 3 aromatic rings. The summed E-state index contributed by atoms with van der Waals surface area (Å²) in [5.41, 5.74) is 7.57. The minimum atomic E-state index is 0.468. The molecule has 5 heteroatoms.